The fourth-order valence-corrected chi connectivity index (χ4v) is 4.85. The zero-order chi connectivity index (χ0) is 22.5. The van der Waals surface area contributed by atoms with E-state index < -0.39 is 11.9 Å². The Morgan fingerprint density at radius 1 is 1.00 bits per heavy atom. The Morgan fingerprint density at radius 3 is 2.38 bits per heavy atom. The van der Waals surface area contributed by atoms with Gasteiger partial charge < -0.3 is 19.9 Å². The lowest BCUT2D eigenvalue weighted by Gasteiger charge is -2.38. The number of benzene rings is 1. The molecule has 0 radical (unpaired) electrons. The molecule has 7 nitrogen and oxygen atoms in total. The van der Waals surface area contributed by atoms with Crippen LogP contribution in [0, 0.1) is 11.7 Å². The first-order valence-electron chi connectivity index (χ1n) is 10.8. The van der Waals surface area contributed by atoms with Crippen molar-refractivity contribution in [3.8, 4) is 0 Å². The number of thiophene rings is 1. The van der Waals surface area contributed by atoms with Gasteiger partial charge in [-0.2, -0.15) is 0 Å². The minimum absolute atomic E-state index is 0.0536. The third kappa shape index (κ3) is 4.99. The summed E-state index contributed by atoms with van der Waals surface area (Å²) in [6.07, 6.45) is 1.09. The summed E-state index contributed by atoms with van der Waals surface area (Å²) in [5, 5.41) is 4.77. The Bertz CT molecular complexity index is 954. The minimum Gasteiger partial charge on any atom is -0.378 e. The molecule has 9 heteroatoms. The minimum atomic E-state index is -0.673. The zero-order valence-corrected chi connectivity index (χ0v) is 18.5. The van der Waals surface area contributed by atoms with Crippen molar-refractivity contribution in [1.82, 2.24) is 15.1 Å². The Balaban J connectivity index is 1.45. The van der Waals surface area contributed by atoms with E-state index in [9.17, 15) is 18.8 Å². The number of ether oxygens (including phenoxy) is 1. The van der Waals surface area contributed by atoms with E-state index in [-0.39, 0.29) is 29.2 Å². The van der Waals surface area contributed by atoms with Gasteiger partial charge in [0.15, 0.2) is 0 Å². The molecule has 4 rings (SSSR count). The van der Waals surface area contributed by atoms with Crippen LogP contribution in [0.3, 0.4) is 0 Å². The quantitative estimate of drug-likeness (QED) is 0.745. The number of hydrogen-bond donors (Lipinski definition) is 1. The van der Waals surface area contributed by atoms with Crippen molar-refractivity contribution < 1.29 is 23.5 Å². The maximum Gasteiger partial charge on any atom is 0.262 e. The van der Waals surface area contributed by atoms with Crippen LogP contribution in [0.25, 0.3) is 0 Å². The highest BCUT2D eigenvalue weighted by molar-refractivity contribution is 7.12. The normalized spacial score (nSPS) is 18.3. The van der Waals surface area contributed by atoms with E-state index in [1.54, 1.807) is 34.1 Å². The maximum atomic E-state index is 14.0. The summed E-state index contributed by atoms with van der Waals surface area (Å²) >= 11 is 1.32. The lowest BCUT2D eigenvalue weighted by molar-refractivity contribution is -0.139. The molecule has 0 spiro atoms. The van der Waals surface area contributed by atoms with Crippen molar-refractivity contribution in [2.45, 2.75) is 18.9 Å². The predicted molar refractivity (Wildman–Crippen MR) is 118 cm³/mol. The SMILES string of the molecule is O=C(NC(C(=O)N1CCOCC1)C1CCN(C(=O)c2ccccc2F)CC1)c1cccs1. The largest absolute Gasteiger partial charge is 0.378 e. The molecule has 0 bridgehead atoms. The molecule has 2 aliphatic heterocycles. The number of carbonyl (C=O) groups excluding carboxylic acids is 3. The average molecular weight is 460 g/mol. The van der Waals surface area contributed by atoms with Gasteiger partial charge in [0.25, 0.3) is 11.8 Å². The first kappa shape index (κ1) is 22.4. The predicted octanol–water partition coefficient (Wildman–Crippen LogP) is 2.40. The molecule has 1 atom stereocenters. The van der Waals surface area contributed by atoms with Crippen LogP contribution in [0.15, 0.2) is 41.8 Å². The molecular formula is C23H26FN3O4S. The van der Waals surface area contributed by atoms with Crippen LogP contribution in [-0.4, -0.2) is 73.0 Å². The number of carbonyl (C=O) groups is 3. The second-order valence-corrected chi connectivity index (χ2v) is 8.92. The molecular weight excluding hydrogens is 433 g/mol. The summed E-state index contributed by atoms with van der Waals surface area (Å²) in [5.41, 5.74) is 0.0536. The summed E-state index contributed by atoms with van der Waals surface area (Å²) in [4.78, 5) is 42.7. The smallest absolute Gasteiger partial charge is 0.262 e. The molecule has 1 aromatic heterocycles. The van der Waals surface area contributed by atoms with Gasteiger partial charge >= 0.3 is 0 Å². The van der Waals surface area contributed by atoms with Gasteiger partial charge in [-0.15, -0.1) is 11.3 Å². The summed E-state index contributed by atoms with van der Waals surface area (Å²) in [6, 6.07) is 8.80. The fraction of sp³-hybridized carbons (Fsp3) is 0.435. The van der Waals surface area contributed by atoms with Gasteiger partial charge in [-0.25, -0.2) is 4.39 Å². The van der Waals surface area contributed by atoms with Gasteiger partial charge in [0.1, 0.15) is 11.9 Å². The zero-order valence-electron chi connectivity index (χ0n) is 17.7. The Labute approximate surface area is 190 Å². The molecule has 3 heterocycles. The number of rotatable bonds is 5. The summed E-state index contributed by atoms with van der Waals surface area (Å²) < 4.78 is 19.4. The molecule has 2 fully saturated rings. The van der Waals surface area contributed by atoms with Crippen LogP contribution in [0.2, 0.25) is 0 Å². The van der Waals surface area contributed by atoms with Gasteiger partial charge in [-0.05, 0) is 42.3 Å². The van der Waals surface area contributed by atoms with Gasteiger partial charge in [0, 0.05) is 26.2 Å². The van der Waals surface area contributed by atoms with Crippen molar-refractivity contribution in [2.24, 2.45) is 5.92 Å². The van der Waals surface area contributed by atoms with E-state index in [2.05, 4.69) is 5.32 Å². The van der Waals surface area contributed by atoms with Crippen LogP contribution in [-0.2, 0) is 9.53 Å². The molecule has 0 saturated carbocycles. The van der Waals surface area contributed by atoms with Crippen molar-refractivity contribution >= 4 is 29.1 Å². The van der Waals surface area contributed by atoms with E-state index >= 15 is 0 Å². The number of amides is 3. The van der Waals surface area contributed by atoms with Gasteiger partial charge in [-0.1, -0.05) is 18.2 Å². The van der Waals surface area contributed by atoms with Crippen molar-refractivity contribution in [1.29, 1.82) is 0 Å². The van der Waals surface area contributed by atoms with E-state index in [0.29, 0.717) is 57.1 Å². The van der Waals surface area contributed by atoms with Crippen LogP contribution in [0.4, 0.5) is 4.39 Å². The summed E-state index contributed by atoms with van der Waals surface area (Å²) in [6.45, 7) is 2.75. The highest BCUT2D eigenvalue weighted by Crippen LogP contribution is 2.25. The van der Waals surface area contributed by atoms with Crippen molar-refractivity contribution in [2.75, 3.05) is 39.4 Å². The number of nitrogens with one attached hydrogen (secondary N) is 1. The fourth-order valence-electron chi connectivity index (χ4n) is 4.22. The Morgan fingerprint density at radius 2 is 1.72 bits per heavy atom. The molecule has 0 aliphatic carbocycles. The van der Waals surface area contributed by atoms with Crippen LogP contribution >= 0.6 is 11.3 Å². The monoisotopic (exact) mass is 459 g/mol. The van der Waals surface area contributed by atoms with Crippen molar-refractivity contribution in [3.63, 3.8) is 0 Å². The lowest BCUT2D eigenvalue weighted by Crippen LogP contribution is -2.56. The number of morpholine rings is 1. The number of nitrogens with zero attached hydrogens (tertiary/aromatic N) is 2. The number of likely N-dealkylation sites (tertiary alicyclic amines) is 1. The standard InChI is InChI=1S/C23H26FN3O4S/c24-18-5-2-1-4-17(18)22(29)26-9-7-16(8-10-26)20(23(30)27-11-13-31-14-12-27)25-21(28)19-6-3-15-32-19/h1-6,15-16,20H,7-14H2,(H,25,28). The third-order valence-electron chi connectivity index (χ3n) is 6.02. The molecule has 32 heavy (non-hydrogen) atoms. The van der Waals surface area contributed by atoms with Crippen molar-refractivity contribution in [3.05, 3.63) is 58.0 Å². The Hall–Kier alpha value is -2.78. The number of hydrogen-bond acceptors (Lipinski definition) is 5. The number of piperidine rings is 1. The van der Waals surface area contributed by atoms with Crippen LogP contribution in [0.5, 0.6) is 0 Å². The summed E-state index contributed by atoms with van der Waals surface area (Å²) in [5.74, 6) is -1.38. The van der Waals surface area contributed by atoms with Gasteiger partial charge in [0.05, 0.1) is 23.7 Å². The molecule has 1 aromatic carbocycles. The molecule has 3 amide bonds. The highest BCUT2D eigenvalue weighted by atomic mass is 32.1. The Kier molecular flexibility index (Phi) is 7.16. The second-order valence-electron chi connectivity index (χ2n) is 7.98. The van der Waals surface area contributed by atoms with Crippen LogP contribution in [0.1, 0.15) is 32.9 Å². The van der Waals surface area contributed by atoms with E-state index in [4.69, 9.17) is 4.74 Å². The first-order valence-corrected chi connectivity index (χ1v) is 11.7. The molecule has 2 aromatic rings. The maximum absolute atomic E-state index is 14.0. The molecule has 2 saturated heterocycles. The second kappa shape index (κ2) is 10.2. The topological polar surface area (TPSA) is 79.0 Å². The molecule has 1 N–H and O–H groups in total. The third-order valence-corrected chi connectivity index (χ3v) is 6.89. The first-order chi connectivity index (χ1) is 15.5. The lowest BCUT2D eigenvalue weighted by atomic mass is 9.88. The van der Waals surface area contributed by atoms with Gasteiger partial charge in [-0.3, -0.25) is 14.4 Å². The van der Waals surface area contributed by atoms with Crippen LogP contribution < -0.4 is 5.32 Å². The molecule has 2 aliphatic rings. The van der Waals surface area contributed by atoms with E-state index in [1.165, 1.54) is 23.5 Å². The van der Waals surface area contributed by atoms with E-state index in [0.717, 1.165) is 0 Å². The molecule has 170 valence electrons. The average Bonchev–Trinajstić information content (AvgIpc) is 3.38. The summed E-state index contributed by atoms with van der Waals surface area (Å²) in [7, 11) is 0. The number of halogens is 1. The van der Waals surface area contributed by atoms with Gasteiger partial charge in [0.2, 0.25) is 5.91 Å². The molecule has 1 unspecified atom stereocenters. The van der Waals surface area contributed by atoms with E-state index in [1.807, 2.05) is 5.38 Å². The highest BCUT2D eigenvalue weighted by Gasteiger charge is 2.37.